The Hall–Kier alpha value is -1.60. The number of rotatable bonds is 5. The summed E-state index contributed by atoms with van der Waals surface area (Å²) in [6.07, 6.45) is 3.50. The molecule has 1 aromatic carbocycles. The number of amides is 1. The van der Waals surface area contributed by atoms with Gasteiger partial charge in [0.25, 0.3) is 0 Å². The molecular formula is C18H21BrN4OS. The molecule has 0 saturated carbocycles. The van der Waals surface area contributed by atoms with Gasteiger partial charge in [-0.15, -0.1) is 11.8 Å². The Morgan fingerprint density at radius 2 is 1.80 bits per heavy atom. The van der Waals surface area contributed by atoms with E-state index < -0.39 is 0 Å². The van der Waals surface area contributed by atoms with Gasteiger partial charge in [-0.1, -0.05) is 30.3 Å². The van der Waals surface area contributed by atoms with Gasteiger partial charge in [0, 0.05) is 44.3 Å². The second-order valence-corrected chi connectivity index (χ2v) is 8.20. The zero-order chi connectivity index (χ0) is 17.6. The van der Waals surface area contributed by atoms with Gasteiger partial charge in [-0.3, -0.25) is 4.79 Å². The number of thioether (sulfide) groups is 1. The standard InChI is InChI=1S/C18H21BrN4OS/c1-14(25-13-15-5-3-2-4-6-15)17(24)22-7-9-23(10-8-22)18-20-11-16(19)12-21-18/h2-6,11-12,14H,7-10,13H2,1H3/t14-/m0/s1. The van der Waals surface area contributed by atoms with Crippen molar-refractivity contribution in [2.24, 2.45) is 0 Å². The number of carbonyl (C=O) groups excluding carboxylic acids is 1. The maximum Gasteiger partial charge on any atom is 0.235 e. The van der Waals surface area contributed by atoms with Gasteiger partial charge in [0.05, 0.1) is 9.72 Å². The van der Waals surface area contributed by atoms with Crippen LogP contribution in [-0.2, 0) is 10.5 Å². The molecule has 2 aromatic rings. The molecule has 1 aliphatic rings. The highest BCUT2D eigenvalue weighted by molar-refractivity contribution is 9.10. The largest absolute Gasteiger partial charge is 0.338 e. The van der Waals surface area contributed by atoms with E-state index in [2.05, 4.69) is 42.9 Å². The van der Waals surface area contributed by atoms with Crippen LogP contribution in [0.1, 0.15) is 12.5 Å². The van der Waals surface area contributed by atoms with Crippen LogP contribution >= 0.6 is 27.7 Å². The van der Waals surface area contributed by atoms with Crippen LogP contribution in [0.5, 0.6) is 0 Å². The van der Waals surface area contributed by atoms with E-state index in [1.165, 1.54) is 5.56 Å². The molecule has 132 valence electrons. The minimum Gasteiger partial charge on any atom is -0.338 e. The third-order valence-corrected chi connectivity index (χ3v) is 5.78. The second kappa shape index (κ2) is 8.67. The van der Waals surface area contributed by atoms with E-state index in [1.54, 1.807) is 24.2 Å². The minimum absolute atomic E-state index is 0.0318. The number of hydrogen-bond acceptors (Lipinski definition) is 5. The van der Waals surface area contributed by atoms with E-state index in [0.717, 1.165) is 29.3 Å². The van der Waals surface area contributed by atoms with E-state index in [0.29, 0.717) is 13.1 Å². The van der Waals surface area contributed by atoms with Crippen molar-refractivity contribution in [1.82, 2.24) is 14.9 Å². The van der Waals surface area contributed by atoms with Gasteiger partial charge in [0.1, 0.15) is 0 Å². The quantitative estimate of drug-likeness (QED) is 0.742. The number of hydrogen-bond donors (Lipinski definition) is 0. The van der Waals surface area contributed by atoms with Crippen LogP contribution in [0.2, 0.25) is 0 Å². The zero-order valence-corrected chi connectivity index (χ0v) is 16.5. The summed E-state index contributed by atoms with van der Waals surface area (Å²) in [6, 6.07) is 10.3. The molecule has 1 amide bonds. The van der Waals surface area contributed by atoms with Crippen molar-refractivity contribution in [2.75, 3.05) is 31.1 Å². The summed E-state index contributed by atoms with van der Waals surface area (Å²) in [5, 5.41) is -0.0318. The summed E-state index contributed by atoms with van der Waals surface area (Å²) in [7, 11) is 0. The highest BCUT2D eigenvalue weighted by atomic mass is 79.9. The SMILES string of the molecule is C[C@H](SCc1ccccc1)C(=O)N1CCN(c2ncc(Br)cn2)CC1. The topological polar surface area (TPSA) is 49.3 Å². The molecule has 1 saturated heterocycles. The zero-order valence-electron chi connectivity index (χ0n) is 14.1. The second-order valence-electron chi connectivity index (χ2n) is 5.95. The van der Waals surface area contributed by atoms with Gasteiger partial charge in [-0.2, -0.15) is 0 Å². The van der Waals surface area contributed by atoms with Crippen molar-refractivity contribution in [2.45, 2.75) is 17.9 Å². The average molecular weight is 421 g/mol. The van der Waals surface area contributed by atoms with E-state index in [1.807, 2.05) is 30.0 Å². The van der Waals surface area contributed by atoms with Crippen molar-refractivity contribution in [3.63, 3.8) is 0 Å². The Balaban J connectivity index is 1.48. The third kappa shape index (κ3) is 4.95. The summed E-state index contributed by atoms with van der Waals surface area (Å²) < 4.78 is 0.870. The predicted molar refractivity (Wildman–Crippen MR) is 106 cm³/mol. The molecule has 0 bridgehead atoms. The summed E-state index contributed by atoms with van der Waals surface area (Å²) in [4.78, 5) is 25.4. The molecule has 1 aromatic heterocycles. The van der Waals surface area contributed by atoms with Crippen molar-refractivity contribution in [3.05, 3.63) is 52.8 Å². The van der Waals surface area contributed by atoms with Crippen molar-refractivity contribution in [1.29, 1.82) is 0 Å². The number of anilines is 1. The Bertz CT molecular complexity index is 690. The van der Waals surface area contributed by atoms with Crippen LogP contribution in [0.15, 0.2) is 47.2 Å². The molecule has 2 heterocycles. The Kier molecular flexibility index (Phi) is 6.31. The highest BCUT2D eigenvalue weighted by Gasteiger charge is 2.26. The first-order valence-corrected chi connectivity index (χ1v) is 10.1. The summed E-state index contributed by atoms with van der Waals surface area (Å²) in [6.45, 7) is 4.97. The molecule has 0 aliphatic carbocycles. The van der Waals surface area contributed by atoms with Gasteiger partial charge in [0.2, 0.25) is 11.9 Å². The summed E-state index contributed by atoms with van der Waals surface area (Å²) >= 11 is 5.04. The van der Waals surface area contributed by atoms with Gasteiger partial charge in [-0.05, 0) is 28.4 Å². The van der Waals surface area contributed by atoms with Gasteiger partial charge in [0.15, 0.2) is 0 Å². The van der Waals surface area contributed by atoms with Crippen LogP contribution in [0.3, 0.4) is 0 Å². The normalized spacial score (nSPS) is 15.9. The molecular weight excluding hydrogens is 400 g/mol. The molecule has 1 atom stereocenters. The first-order chi connectivity index (χ1) is 12.1. The van der Waals surface area contributed by atoms with E-state index in [9.17, 15) is 4.79 Å². The van der Waals surface area contributed by atoms with Crippen molar-refractivity contribution in [3.8, 4) is 0 Å². The fourth-order valence-corrected chi connectivity index (χ4v) is 3.85. The van der Waals surface area contributed by atoms with Crippen LogP contribution < -0.4 is 4.90 Å². The molecule has 0 spiro atoms. The fraction of sp³-hybridized carbons (Fsp3) is 0.389. The lowest BCUT2D eigenvalue weighted by Gasteiger charge is -2.35. The van der Waals surface area contributed by atoms with Crippen LogP contribution in [-0.4, -0.2) is 52.2 Å². The first-order valence-electron chi connectivity index (χ1n) is 8.30. The predicted octanol–water partition coefficient (Wildman–Crippen LogP) is 3.21. The average Bonchev–Trinajstić information content (AvgIpc) is 2.67. The number of benzene rings is 1. The highest BCUT2D eigenvalue weighted by Crippen LogP contribution is 2.20. The Morgan fingerprint density at radius 3 is 2.44 bits per heavy atom. The van der Waals surface area contributed by atoms with Crippen LogP contribution in [0.25, 0.3) is 0 Å². The monoisotopic (exact) mass is 420 g/mol. The summed E-state index contributed by atoms with van der Waals surface area (Å²) in [5.74, 6) is 1.81. The number of carbonyl (C=O) groups is 1. The molecule has 0 N–H and O–H groups in total. The van der Waals surface area contributed by atoms with Crippen LogP contribution in [0, 0.1) is 0 Å². The Morgan fingerprint density at radius 1 is 1.16 bits per heavy atom. The third-order valence-electron chi connectivity index (χ3n) is 4.17. The molecule has 5 nitrogen and oxygen atoms in total. The smallest absolute Gasteiger partial charge is 0.235 e. The molecule has 1 fully saturated rings. The first kappa shape index (κ1) is 18.2. The number of piperazine rings is 1. The maximum atomic E-state index is 12.7. The van der Waals surface area contributed by atoms with E-state index in [4.69, 9.17) is 0 Å². The summed E-state index contributed by atoms with van der Waals surface area (Å²) in [5.41, 5.74) is 1.25. The van der Waals surface area contributed by atoms with E-state index in [-0.39, 0.29) is 11.2 Å². The van der Waals surface area contributed by atoms with Crippen molar-refractivity contribution >= 4 is 39.5 Å². The maximum absolute atomic E-state index is 12.7. The van der Waals surface area contributed by atoms with Gasteiger partial charge in [-0.25, -0.2) is 9.97 Å². The number of aromatic nitrogens is 2. The number of halogens is 1. The minimum atomic E-state index is -0.0318. The lowest BCUT2D eigenvalue weighted by molar-refractivity contribution is -0.130. The van der Waals surface area contributed by atoms with Crippen LogP contribution in [0.4, 0.5) is 5.95 Å². The Labute approximate surface area is 161 Å². The lowest BCUT2D eigenvalue weighted by atomic mass is 10.2. The molecule has 0 unspecified atom stereocenters. The molecule has 1 aliphatic heterocycles. The van der Waals surface area contributed by atoms with E-state index >= 15 is 0 Å². The molecule has 25 heavy (non-hydrogen) atoms. The lowest BCUT2D eigenvalue weighted by Crippen LogP contribution is -2.51. The fourth-order valence-electron chi connectivity index (χ4n) is 2.72. The number of nitrogens with zero attached hydrogens (tertiary/aromatic N) is 4. The molecule has 7 heteroatoms. The van der Waals surface area contributed by atoms with Gasteiger partial charge >= 0.3 is 0 Å². The molecule has 0 radical (unpaired) electrons. The van der Waals surface area contributed by atoms with Gasteiger partial charge < -0.3 is 9.80 Å². The van der Waals surface area contributed by atoms with Crippen molar-refractivity contribution < 1.29 is 4.79 Å². The molecule has 3 rings (SSSR count).